The van der Waals surface area contributed by atoms with Gasteiger partial charge in [-0.2, -0.15) is 0 Å². The molecule has 1 aliphatic heterocycles. The van der Waals surface area contributed by atoms with E-state index in [0.29, 0.717) is 16.5 Å². The molecular weight excluding hydrogens is 531 g/mol. The molecule has 2 aromatic rings. The van der Waals surface area contributed by atoms with Crippen LogP contribution in [0.1, 0.15) is 79.3 Å². The van der Waals surface area contributed by atoms with Crippen LogP contribution in [0.3, 0.4) is 0 Å². The van der Waals surface area contributed by atoms with Crippen molar-refractivity contribution in [1.82, 2.24) is 5.32 Å². The Balaban J connectivity index is 1.72. The molecule has 5 unspecified atom stereocenters. The van der Waals surface area contributed by atoms with Crippen LogP contribution in [-0.4, -0.2) is 40.0 Å². The number of halogens is 2. The molecule has 2 aliphatic rings. The summed E-state index contributed by atoms with van der Waals surface area (Å²) in [5.41, 5.74) is 5.29. The zero-order chi connectivity index (χ0) is 27.9. The summed E-state index contributed by atoms with van der Waals surface area (Å²) in [6, 6.07) is 16.0. The lowest BCUT2D eigenvalue weighted by atomic mass is 9.66. The average Bonchev–Trinajstić information content (AvgIpc) is 2.91. The quantitative estimate of drug-likeness (QED) is 0.202. The highest BCUT2D eigenvalue weighted by molar-refractivity contribution is 6.30. The maximum absolute atomic E-state index is 12.6. The second-order valence-electron chi connectivity index (χ2n) is 10.6. The van der Waals surface area contributed by atoms with E-state index >= 15 is 0 Å². The van der Waals surface area contributed by atoms with Gasteiger partial charge in [0.2, 0.25) is 0 Å². The van der Waals surface area contributed by atoms with Crippen molar-refractivity contribution >= 4 is 34.8 Å². The standard InChI is InChI=1S/C32H38Cl2N2O3/c1-3-4-5-26(21-6-8-23(9-7-21)32(39)36-17-15-29(37)38)30(22-10-12-24(33)13-11-22)27-14-16-35-31-20(2)18-25(34)19-28(27)31/h6-14,16,19-20,25-27,29-30,37-38H,3-5,15,17-18H2,1-2H3,(H,36,39). The van der Waals surface area contributed by atoms with Crippen LogP contribution in [0.4, 0.5) is 0 Å². The van der Waals surface area contributed by atoms with Crippen molar-refractivity contribution in [2.75, 3.05) is 6.54 Å². The minimum absolute atomic E-state index is 0.0207. The number of carbonyl (C=O) groups is 1. The van der Waals surface area contributed by atoms with Crippen LogP contribution in [-0.2, 0) is 0 Å². The molecule has 3 N–H and O–H groups in total. The van der Waals surface area contributed by atoms with Gasteiger partial charge in [0.1, 0.15) is 0 Å². The van der Waals surface area contributed by atoms with E-state index in [0.717, 1.165) is 31.4 Å². The number of rotatable bonds is 11. The lowest BCUT2D eigenvalue weighted by Crippen LogP contribution is -2.32. The summed E-state index contributed by atoms with van der Waals surface area (Å²) in [6.45, 7) is 4.61. The Bertz CT molecular complexity index is 1200. The Labute approximate surface area is 241 Å². The summed E-state index contributed by atoms with van der Waals surface area (Å²) in [7, 11) is 0. The first-order chi connectivity index (χ1) is 18.8. The van der Waals surface area contributed by atoms with Gasteiger partial charge in [-0.1, -0.05) is 74.7 Å². The highest BCUT2D eigenvalue weighted by Gasteiger charge is 2.38. The van der Waals surface area contributed by atoms with Gasteiger partial charge in [-0.05, 0) is 59.7 Å². The summed E-state index contributed by atoms with van der Waals surface area (Å²) < 4.78 is 0. The Morgan fingerprint density at radius 2 is 1.77 bits per heavy atom. The molecule has 208 valence electrons. The van der Waals surface area contributed by atoms with Gasteiger partial charge in [0.25, 0.3) is 5.91 Å². The number of aliphatic hydroxyl groups is 2. The Morgan fingerprint density at radius 1 is 1.08 bits per heavy atom. The minimum atomic E-state index is -1.44. The number of nitrogens with zero attached hydrogens (tertiary/aromatic N) is 1. The molecule has 0 fully saturated rings. The van der Waals surface area contributed by atoms with Crippen LogP contribution < -0.4 is 5.32 Å². The monoisotopic (exact) mass is 568 g/mol. The summed E-state index contributed by atoms with van der Waals surface area (Å²) in [4.78, 5) is 17.4. The molecular formula is C32H38Cl2N2O3. The topological polar surface area (TPSA) is 81.9 Å². The summed E-state index contributed by atoms with van der Waals surface area (Å²) >= 11 is 13.0. The van der Waals surface area contributed by atoms with E-state index < -0.39 is 6.29 Å². The van der Waals surface area contributed by atoms with Gasteiger partial charge in [-0.15, -0.1) is 11.6 Å². The number of amides is 1. The number of hydrogen-bond donors (Lipinski definition) is 3. The zero-order valence-electron chi connectivity index (χ0n) is 22.6. The fourth-order valence-corrected chi connectivity index (χ4v) is 6.38. The van der Waals surface area contributed by atoms with E-state index in [1.165, 1.54) is 16.7 Å². The van der Waals surface area contributed by atoms with E-state index in [2.05, 4.69) is 55.6 Å². The van der Waals surface area contributed by atoms with Crippen LogP contribution >= 0.6 is 23.2 Å². The molecule has 4 rings (SSSR count). The summed E-state index contributed by atoms with van der Waals surface area (Å²) in [6.07, 6.45) is 9.06. The number of aliphatic imine (C=N–C) groups is 1. The molecule has 0 spiro atoms. The molecule has 0 saturated heterocycles. The molecule has 1 aliphatic carbocycles. The van der Waals surface area contributed by atoms with Gasteiger partial charge < -0.3 is 15.5 Å². The van der Waals surface area contributed by atoms with Crippen LogP contribution in [0.25, 0.3) is 0 Å². The number of benzene rings is 2. The highest BCUT2D eigenvalue weighted by atomic mass is 35.5. The van der Waals surface area contributed by atoms with Gasteiger partial charge in [0.05, 0.1) is 5.38 Å². The number of fused-ring (bicyclic) bond motifs is 1. The number of aliphatic hydroxyl groups excluding tert-OH is 1. The molecule has 7 heteroatoms. The third-order valence-corrected chi connectivity index (χ3v) is 8.36. The summed E-state index contributed by atoms with van der Waals surface area (Å²) in [5, 5.41) is 21.5. The number of nitrogens with one attached hydrogen (secondary N) is 1. The zero-order valence-corrected chi connectivity index (χ0v) is 24.1. The summed E-state index contributed by atoms with van der Waals surface area (Å²) in [5.74, 6) is 0.490. The van der Waals surface area contributed by atoms with E-state index in [-0.39, 0.29) is 42.0 Å². The third-order valence-electron chi connectivity index (χ3n) is 7.80. The van der Waals surface area contributed by atoms with Crippen molar-refractivity contribution in [2.24, 2.45) is 16.8 Å². The molecule has 0 aromatic heterocycles. The highest BCUT2D eigenvalue weighted by Crippen LogP contribution is 2.48. The predicted octanol–water partition coefficient (Wildman–Crippen LogP) is 6.99. The normalized spacial score (nSPS) is 22.1. The number of carbonyl (C=O) groups excluding carboxylic acids is 1. The molecule has 0 bridgehead atoms. The molecule has 0 saturated carbocycles. The SMILES string of the molecule is CCCCC(c1ccc(C(=O)NCCC(O)O)cc1)C(c1ccc(Cl)cc1)C1C=CN=C2C1=CC(Cl)CC2C. The minimum Gasteiger partial charge on any atom is -0.368 e. The van der Waals surface area contributed by atoms with Crippen molar-refractivity contribution < 1.29 is 15.0 Å². The van der Waals surface area contributed by atoms with Gasteiger partial charge in [0.15, 0.2) is 6.29 Å². The van der Waals surface area contributed by atoms with Gasteiger partial charge in [-0.3, -0.25) is 9.79 Å². The number of alkyl halides is 1. The van der Waals surface area contributed by atoms with Crippen molar-refractivity contribution in [2.45, 2.75) is 69.5 Å². The van der Waals surface area contributed by atoms with Crippen LogP contribution in [0.2, 0.25) is 5.02 Å². The first-order valence-corrected chi connectivity index (χ1v) is 14.7. The largest absolute Gasteiger partial charge is 0.368 e. The number of hydrogen-bond acceptors (Lipinski definition) is 4. The maximum Gasteiger partial charge on any atom is 0.251 e. The first kappa shape index (κ1) is 29.5. The van der Waals surface area contributed by atoms with Crippen LogP contribution in [0.15, 0.2) is 77.4 Å². The van der Waals surface area contributed by atoms with Gasteiger partial charge in [0, 0.05) is 53.2 Å². The van der Waals surface area contributed by atoms with Crippen molar-refractivity contribution in [3.05, 3.63) is 94.2 Å². The lowest BCUT2D eigenvalue weighted by Gasteiger charge is -2.39. The molecule has 39 heavy (non-hydrogen) atoms. The predicted molar refractivity (Wildman–Crippen MR) is 160 cm³/mol. The molecule has 1 heterocycles. The average molecular weight is 570 g/mol. The fourth-order valence-electron chi connectivity index (χ4n) is 5.85. The van der Waals surface area contributed by atoms with E-state index in [1.54, 1.807) is 0 Å². The smallest absolute Gasteiger partial charge is 0.251 e. The molecule has 5 nitrogen and oxygen atoms in total. The Morgan fingerprint density at radius 3 is 2.44 bits per heavy atom. The van der Waals surface area contributed by atoms with Crippen LogP contribution in [0.5, 0.6) is 0 Å². The van der Waals surface area contributed by atoms with Crippen molar-refractivity contribution in [3.63, 3.8) is 0 Å². The molecule has 5 atom stereocenters. The lowest BCUT2D eigenvalue weighted by molar-refractivity contribution is -0.0440. The van der Waals surface area contributed by atoms with E-state index in [1.807, 2.05) is 30.5 Å². The Hall–Kier alpha value is -2.44. The second kappa shape index (κ2) is 13.8. The van der Waals surface area contributed by atoms with Gasteiger partial charge in [-0.25, -0.2) is 0 Å². The number of unbranched alkanes of at least 4 members (excludes halogenated alkanes) is 1. The van der Waals surface area contributed by atoms with E-state index in [4.69, 9.17) is 38.4 Å². The maximum atomic E-state index is 12.6. The van der Waals surface area contributed by atoms with Crippen molar-refractivity contribution in [1.29, 1.82) is 0 Å². The fraction of sp³-hybridized carbons (Fsp3) is 0.438. The van der Waals surface area contributed by atoms with Crippen molar-refractivity contribution in [3.8, 4) is 0 Å². The van der Waals surface area contributed by atoms with E-state index in [9.17, 15) is 4.79 Å². The molecule has 0 radical (unpaired) electrons. The third kappa shape index (κ3) is 7.40. The number of allylic oxidation sites excluding steroid dienone is 3. The van der Waals surface area contributed by atoms with Gasteiger partial charge >= 0.3 is 0 Å². The Kier molecular flexibility index (Phi) is 10.4. The molecule has 1 amide bonds. The van der Waals surface area contributed by atoms with Crippen LogP contribution in [0, 0.1) is 11.8 Å². The first-order valence-electron chi connectivity index (χ1n) is 13.9. The second-order valence-corrected chi connectivity index (χ2v) is 11.6. The molecule has 2 aromatic carbocycles.